The molecule has 0 bridgehead atoms. The SMILES string of the molecule is CC1(C)[C@@H](C=C(Cl)Cl)[C@@H]1C(=O)Nc1ccc(S(=O)(=O)Nc2nccs2)cc1. The predicted octanol–water partition coefficient (Wildman–Crippen LogP) is 4.47. The highest BCUT2D eigenvalue weighted by Crippen LogP contribution is 2.60. The number of carbonyl (C=O) groups excluding carboxylic acids is 1. The number of thiazole rings is 1. The number of sulfonamides is 1. The first-order valence-corrected chi connectivity index (χ1v) is 11.1. The van der Waals surface area contributed by atoms with Crippen molar-refractivity contribution in [2.24, 2.45) is 17.3 Å². The highest BCUT2D eigenvalue weighted by molar-refractivity contribution is 7.93. The zero-order valence-corrected chi connectivity index (χ0v) is 17.6. The van der Waals surface area contributed by atoms with Crippen LogP contribution in [0.5, 0.6) is 0 Å². The molecule has 1 fully saturated rings. The van der Waals surface area contributed by atoms with Gasteiger partial charge in [0.05, 0.1) is 10.8 Å². The minimum absolute atomic E-state index is 0.0374. The molecule has 0 radical (unpaired) electrons. The lowest BCUT2D eigenvalue weighted by atomic mass is 10.1. The Bertz CT molecular complexity index is 967. The van der Waals surface area contributed by atoms with Gasteiger partial charge in [-0.15, -0.1) is 11.3 Å². The topological polar surface area (TPSA) is 88.2 Å². The van der Waals surface area contributed by atoms with Crippen LogP contribution in [0.2, 0.25) is 0 Å². The van der Waals surface area contributed by atoms with Crippen molar-refractivity contribution in [2.75, 3.05) is 10.0 Å². The van der Waals surface area contributed by atoms with Crippen molar-refractivity contribution in [2.45, 2.75) is 18.7 Å². The molecular weight excluding hydrogens is 429 g/mol. The number of amides is 1. The molecule has 2 atom stereocenters. The Balaban J connectivity index is 1.68. The van der Waals surface area contributed by atoms with E-state index in [-0.39, 0.29) is 32.5 Å². The maximum Gasteiger partial charge on any atom is 0.263 e. The first kappa shape index (κ1) is 20.1. The lowest BCUT2D eigenvalue weighted by molar-refractivity contribution is -0.118. The van der Waals surface area contributed by atoms with Crippen LogP contribution in [-0.2, 0) is 14.8 Å². The number of benzene rings is 1. The van der Waals surface area contributed by atoms with Crippen molar-refractivity contribution in [3.8, 4) is 0 Å². The van der Waals surface area contributed by atoms with Crippen LogP contribution in [0.3, 0.4) is 0 Å². The highest BCUT2D eigenvalue weighted by atomic mass is 35.5. The fourth-order valence-electron chi connectivity index (χ4n) is 3.01. The molecule has 6 nitrogen and oxygen atoms in total. The number of allylic oxidation sites excluding steroid dienone is 1. The molecule has 27 heavy (non-hydrogen) atoms. The van der Waals surface area contributed by atoms with Crippen LogP contribution >= 0.6 is 34.5 Å². The Morgan fingerprint density at radius 2 is 1.93 bits per heavy atom. The second kappa shape index (κ2) is 7.43. The number of hydrogen-bond acceptors (Lipinski definition) is 5. The van der Waals surface area contributed by atoms with Gasteiger partial charge in [-0.1, -0.05) is 37.0 Å². The molecule has 1 aromatic heterocycles. The quantitative estimate of drug-likeness (QED) is 0.685. The van der Waals surface area contributed by atoms with Crippen LogP contribution < -0.4 is 10.0 Å². The second-order valence-electron chi connectivity index (χ2n) is 6.74. The van der Waals surface area contributed by atoms with Crippen LogP contribution in [0.15, 0.2) is 51.3 Å². The van der Waals surface area contributed by atoms with Gasteiger partial charge in [-0.2, -0.15) is 0 Å². The van der Waals surface area contributed by atoms with Gasteiger partial charge in [-0.25, -0.2) is 13.4 Å². The molecule has 0 saturated heterocycles. The minimum Gasteiger partial charge on any atom is -0.326 e. The van der Waals surface area contributed by atoms with E-state index >= 15 is 0 Å². The normalized spacial score (nSPS) is 20.6. The summed E-state index contributed by atoms with van der Waals surface area (Å²) in [5, 5.41) is 4.78. The molecule has 1 amide bonds. The van der Waals surface area contributed by atoms with E-state index in [1.165, 1.54) is 29.7 Å². The third kappa shape index (κ3) is 4.45. The van der Waals surface area contributed by atoms with E-state index in [4.69, 9.17) is 23.2 Å². The second-order valence-corrected chi connectivity index (χ2v) is 10.3. The number of rotatable bonds is 6. The molecule has 2 N–H and O–H groups in total. The third-order valence-electron chi connectivity index (χ3n) is 4.58. The molecule has 1 aromatic carbocycles. The fourth-order valence-corrected chi connectivity index (χ4v) is 5.07. The standard InChI is InChI=1S/C17H17Cl2N3O3S2/c1-17(2)12(9-13(18)19)14(17)15(23)21-10-3-5-11(6-4-10)27(24,25)22-16-20-7-8-26-16/h3-9,12,14H,1-2H3,(H,20,22)(H,21,23)/t12-,14+/m0/s1. The van der Waals surface area contributed by atoms with E-state index in [9.17, 15) is 13.2 Å². The number of halogens is 2. The predicted molar refractivity (Wildman–Crippen MR) is 109 cm³/mol. The summed E-state index contributed by atoms with van der Waals surface area (Å²) in [5.41, 5.74) is 0.274. The zero-order chi connectivity index (χ0) is 19.8. The molecule has 1 heterocycles. The first-order valence-electron chi connectivity index (χ1n) is 7.97. The summed E-state index contributed by atoms with van der Waals surface area (Å²) in [7, 11) is -3.73. The Morgan fingerprint density at radius 3 is 2.48 bits per heavy atom. The highest BCUT2D eigenvalue weighted by Gasteiger charge is 2.60. The molecule has 1 aliphatic rings. The Kier molecular flexibility index (Phi) is 5.54. The van der Waals surface area contributed by atoms with Gasteiger partial charge in [-0.3, -0.25) is 9.52 Å². The molecule has 0 spiro atoms. The number of nitrogens with zero attached hydrogens (tertiary/aromatic N) is 1. The molecule has 1 aliphatic carbocycles. The third-order valence-corrected chi connectivity index (χ3v) is 7.01. The van der Waals surface area contributed by atoms with Crippen molar-refractivity contribution in [1.82, 2.24) is 4.98 Å². The summed E-state index contributed by atoms with van der Waals surface area (Å²) in [5.74, 6) is -0.447. The van der Waals surface area contributed by atoms with Gasteiger partial charge in [0, 0.05) is 17.3 Å². The summed E-state index contributed by atoms with van der Waals surface area (Å²) in [6, 6.07) is 5.94. The summed E-state index contributed by atoms with van der Waals surface area (Å²) < 4.78 is 27.2. The zero-order valence-electron chi connectivity index (χ0n) is 14.4. The van der Waals surface area contributed by atoms with Crippen molar-refractivity contribution in [3.63, 3.8) is 0 Å². The van der Waals surface area contributed by atoms with E-state index in [1.54, 1.807) is 23.6 Å². The molecular formula is C17H17Cl2N3O3S2. The van der Waals surface area contributed by atoms with Gasteiger partial charge < -0.3 is 5.32 Å². The van der Waals surface area contributed by atoms with Crippen molar-refractivity contribution in [3.05, 3.63) is 46.4 Å². The molecule has 0 unspecified atom stereocenters. The monoisotopic (exact) mass is 445 g/mol. The number of carbonyl (C=O) groups is 1. The maximum absolute atomic E-state index is 12.5. The Hall–Kier alpha value is -1.61. The van der Waals surface area contributed by atoms with Gasteiger partial charge in [0.2, 0.25) is 5.91 Å². The molecule has 1 saturated carbocycles. The fraction of sp³-hybridized carbons (Fsp3) is 0.294. The molecule has 144 valence electrons. The number of anilines is 2. The van der Waals surface area contributed by atoms with Crippen LogP contribution in [0.1, 0.15) is 13.8 Å². The van der Waals surface area contributed by atoms with E-state index in [2.05, 4.69) is 15.0 Å². The summed E-state index contributed by atoms with van der Waals surface area (Å²) in [6.45, 7) is 3.93. The van der Waals surface area contributed by atoms with Gasteiger partial charge in [0.15, 0.2) is 5.13 Å². The number of nitrogens with one attached hydrogen (secondary N) is 2. The van der Waals surface area contributed by atoms with Gasteiger partial charge in [0.1, 0.15) is 4.49 Å². The maximum atomic E-state index is 12.5. The average molecular weight is 446 g/mol. The van der Waals surface area contributed by atoms with Gasteiger partial charge >= 0.3 is 0 Å². The number of hydrogen-bond donors (Lipinski definition) is 2. The van der Waals surface area contributed by atoms with Crippen LogP contribution in [0.25, 0.3) is 0 Å². The van der Waals surface area contributed by atoms with E-state index in [0.29, 0.717) is 10.8 Å². The Morgan fingerprint density at radius 1 is 1.26 bits per heavy atom. The van der Waals surface area contributed by atoms with Crippen molar-refractivity contribution >= 4 is 61.3 Å². The summed E-state index contributed by atoms with van der Waals surface area (Å²) in [6.07, 6.45) is 3.19. The van der Waals surface area contributed by atoms with Crippen molar-refractivity contribution < 1.29 is 13.2 Å². The van der Waals surface area contributed by atoms with Crippen LogP contribution in [0.4, 0.5) is 10.8 Å². The molecule has 0 aliphatic heterocycles. The number of aromatic nitrogens is 1. The lowest BCUT2D eigenvalue weighted by Crippen LogP contribution is -2.17. The lowest BCUT2D eigenvalue weighted by Gasteiger charge is -2.08. The molecule has 3 rings (SSSR count). The largest absolute Gasteiger partial charge is 0.326 e. The summed E-state index contributed by atoms with van der Waals surface area (Å²) >= 11 is 12.6. The minimum atomic E-state index is -3.73. The van der Waals surface area contributed by atoms with Gasteiger partial charge in [-0.05, 0) is 41.7 Å². The van der Waals surface area contributed by atoms with E-state index < -0.39 is 10.0 Å². The molecule has 2 aromatic rings. The first-order chi connectivity index (χ1) is 12.6. The van der Waals surface area contributed by atoms with Crippen LogP contribution in [0, 0.1) is 17.3 Å². The van der Waals surface area contributed by atoms with E-state index in [0.717, 1.165) is 0 Å². The summed E-state index contributed by atoms with van der Waals surface area (Å²) in [4.78, 5) is 16.5. The van der Waals surface area contributed by atoms with Crippen LogP contribution in [-0.4, -0.2) is 19.3 Å². The Labute approximate surface area is 171 Å². The average Bonchev–Trinajstić information content (AvgIpc) is 2.91. The van der Waals surface area contributed by atoms with Gasteiger partial charge in [0.25, 0.3) is 10.0 Å². The molecule has 10 heteroatoms. The van der Waals surface area contributed by atoms with E-state index in [1.807, 2.05) is 13.8 Å². The smallest absolute Gasteiger partial charge is 0.263 e. The van der Waals surface area contributed by atoms with Crippen molar-refractivity contribution in [1.29, 1.82) is 0 Å².